The fourth-order valence-electron chi connectivity index (χ4n) is 2.22. The van der Waals surface area contributed by atoms with E-state index in [1.165, 1.54) is 0 Å². The van der Waals surface area contributed by atoms with E-state index in [4.69, 9.17) is 0 Å². The van der Waals surface area contributed by atoms with Crippen molar-refractivity contribution in [2.24, 2.45) is 0 Å². The van der Waals surface area contributed by atoms with Crippen LogP contribution in [0.5, 0.6) is 0 Å². The minimum absolute atomic E-state index is 0.215. The van der Waals surface area contributed by atoms with Crippen molar-refractivity contribution in [3.63, 3.8) is 0 Å². The van der Waals surface area contributed by atoms with Crippen LogP contribution in [0.25, 0.3) is 11.0 Å². The third-order valence-electron chi connectivity index (χ3n) is 3.27. The van der Waals surface area contributed by atoms with Crippen LogP contribution in [0, 0.1) is 0 Å². The van der Waals surface area contributed by atoms with Crippen molar-refractivity contribution in [2.75, 3.05) is 11.5 Å². The highest BCUT2D eigenvalue weighted by atomic mass is 32.2. The lowest BCUT2D eigenvalue weighted by atomic mass is 10.2. The number of aromatic nitrogens is 2. The van der Waals surface area contributed by atoms with Gasteiger partial charge in [-0.25, -0.2) is 9.78 Å². The van der Waals surface area contributed by atoms with Gasteiger partial charge in [0.1, 0.15) is 11.3 Å². The van der Waals surface area contributed by atoms with E-state index in [1.807, 2.05) is 24.5 Å². The molecule has 0 saturated carbocycles. The van der Waals surface area contributed by atoms with Crippen molar-refractivity contribution in [2.45, 2.75) is 26.8 Å². The molecule has 0 spiro atoms. The molecule has 1 N–H and O–H groups in total. The first-order valence-electron chi connectivity index (χ1n) is 6.64. The van der Waals surface area contributed by atoms with E-state index in [2.05, 4.69) is 4.98 Å². The van der Waals surface area contributed by atoms with E-state index in [1.54, 1.807) is 12.1 Å². The van der Waals surface area contributed by atoms with Gasteiger partial charge in [0, 0.05) is 35.3 Å². The highest BCUT2D eigenvalue weighted by molar-refractivity contribution is 7.84. The lowest BCUT2D eigenvalue weighted by molar-refractivity contribution is 0.0699. The molecule has 1 aromatic heterocycles. The molecule has 0 fully saturated rings. The van der Waals surface area contributed by atoms with Crippen LogP contribution in [0.15, 0.2) is 18.2 Å². The number of aromatic carboxylic acids is 1. The monoisotopic (exact) mass is 294 g/mol. The summed E-state index contributed by atoms with van der Waals surface area (Å²) < 4.78 is 13.6. The zero-order valence-electron chi connectivity index (χ0n) is 11.6. The Balaban J connectivity index is 2.49. The van der Waals surface area contributed by atoms with E-state index in [9.17, 15) is 14.1 Å². The summed E-state index contributed by atoms with van der Waals surface area (Å²) in [6, 6.07) is 5.15. The van der Waals surface area contributed by atoms with Crippen LogP contribution in [0.2, 0.25) is 0 Å². The number of aryl methyl sites for hydroxylation is 2. The van der Waals surface area contributed by atoms with Gasteiger partial charge < -0.3 is 9.67 Å². The predicted octanol–water partition coefficient (Wildman–Crippen LogP) is 2.07. The molecule has 1 atom stereocenters. The number of benzene rings is 1. The average Bonchev–Trinajstić information content (AvgIpc) is 2.81. The van der Waals surface area contributed by atoms with Gasteiger partial charge in [0.2, 0.25) is 0 Å². The van der Waals surface area contributed by atoms with Crippen molar-refractivity contribution in [1.29, 1.82) is 0 Å². The van der Waals surface area contributed by atoms with Gasteiger partial charge in [0.15, 0.2) is 0 Å². The molecule has 1 unspecified atom stereocenters. The summed E-state index contributed by atoms with van der Waals surface area (Å²) in [5, 5.41) is 9.21. The van der Waals surface area contributed by atoms with Crippen LogP contribution in [0.3, 0.4) is 0 Å². The van der Waals surface area contributed by atoms with Gasteiger partial charge in [-0.15, -0.1) is 0 Å². The number of para-hydroxylation sites is 1. The van der Waals surface area contributed by atoms with Gasteiger partial charge in [-0.2, -0.15) is 0 Å². The number of hydrogen-bond acceptors (Lipinski definition) is 3. The summed E-state index contributed by atoms with van der Waals surface area (Å²) in [4.78, 5) is 15.7. The zero-order valence-corrected chi connectivity index (χ0v) is 12.4. The van der Waals surface area contributed by atoms with Gasteiger partial charge in [-0.1, -0.05) is 19.9 Å². The summed E-state index contributed by atoms with van der Waals surface area (Å²) in [5.74, 6) is 1.06. The Hall–Kier alpha value is -1.69. The van der Waals surface area contributed by atoms with Crippen LogP contribution >= 0.6 is 0 Å². The highest BCUT2D eigenvalue weighted by Gasteiger charge is 2.16. The molecule has 0 aliphatic heterocycles. The molecular weight excluding hydrogens is 276 g/mol. The number of fused-ring (bicyclic) bond motifs is 1. The molecule has 6 heteroatoms. The third-order valence-corrected chi connectivity index (χ3v) is 4.55. The molecule has 5 nitrogen and oxygen atoms in total. The molecule has 2 aromatic rings. The second kappa shape index (κ2) is 6.17. The largest absolute Gasteiger partial charge is 0.478 e. The first kappa shape index (κ1) is 14.7. The quantitative estimate of drug-likeness (QED) is 0.885. The van der Waals surface area contributed by atoms with Crippen LogP contribution in [0.1, 0.15) is 30.0 Å². The van der Waals surface area contributed by atoms with Crippen LogP contribution in [0.4, 0.5) is 0 Å². The molecule has 0 amide bonds. The number of carboxylic acids is 1. The maximum absolute atomic E-state index is 11.6. The minimum atomic E-state index is -0.972. The summed E-state index contributed by atoms with van der Waals surface area (Å²) in [6.45, 7) is 4.48. The molecule has 0 aliphatic carbocycles. The molecule has 20 heavy (non-hydrogen) atoms. The molecular formula is C14H18N2O3S. The second-order valence-corrected chi connectivity index (χ2v) is 6.31. The Kier molecular flexibility index (Phi) is 4.54. The van der Waals surface area contributed by atoms with Crippen LogP contribution in [-0.2, 0) is 23.8 Å². The van der Waals surface area contributed by atoms with Crippen molar-refractivity contribution in [3.05, 3.63) is 29.6 Å². The van der Waals surface area contributed by atoms with Crippen molar-refractivity contribution < 1.29 is 14.1 Å². The lowest BCUT2D eigenvalue weighted by Crippen LogP contribution is -2.11. The summed E-state index contributed by atoms with van der Waals surface area (Å²) >= 11 is 0. The Morgan fingerprint density at radius 1 is 1.40 bits per heavy atom. The molecule has 0 aliphatic rings. The van der Waals surface area contributed by atoms with Gasteiger partial charge in [0.25, 0.3) is 0 Å². The summed E-state index contributed by atoms with van der Waals surface area (Å²) in [7, 11) is -0.844. The topological polar surface area (TPSA) is 72.2 Å². The van der Waals surface area contributed by atoms with Gasteiger partial charge in [-0.05, 0) is 12.1 Å². The van der Waals surface area contributed by atoms with Crippen LogP contribution < -0.4 is 0 Å². The van der Waals surface area contributed by atoms with E-state index >= 15 is 0 Å². The number of nitrogens with zero attached hydrogens (tertiary/aromatic N) is 2. The Morgan fingerprint density at radius 2 is 2.15 bits per heavy atom. The summed E-state index contributed by atoms with van der Waals surface area (Å²) in [5.41, 5.74) is 1.53. The molecule has 0 bridgehead atoms. The molecule has 2 rings (SSSR count). The first-order valence-corrected chi connectivity index (χ1v) is 8.13. The minimum Gasteiger partial charge on any atom is -0.478 e. The van der Waals surface area contributed by atoms with Crippen LogP contribution in [-0.4, -0.2) is 36.3 Å². The number of hydrogen-bond donors (Lipinski definition) is 1. The molecule has 108 valence electrons. The number of imidazole rings is 1. The van der Waals surface area contributed by atoms with Crippen molar-refractivity contribution in [1.82, 2.24) is 9.55 Å². The Morgan fingerprint density at radius 3 is 2.75 bits per heavy atom. The SMILES string of the molecule is CCc1nc2c(C(=O)O)cccc2n1CCS(=O)CC. The molecule has 1 heterocycles. The van der Waals surface area contributed by atoms with E-state index in [-0.39, 0.29) is 5.56 Å². The third kappa shape index (κ3) is 2.75. The molecule has 1 aromatic carbocycles. The second-order valence-electron chi connectivity index (χ2n) is 4.44. The standard InChI is InChI=1S/C14H18N2O3S/c1-3-12-15-13-10(14(17)18)6-5-7-11(13)16(12)8-9-20(19)4-2/h5-7H,3-4,8-9H2,1-2H3,(H,17,18). The molecule has 0 saturated heterocycles. The van der Waals surface area contributed by atoms with E-state index in [0.717, 1.165) is 11.3 Å². The highest BCUT2D eigenvalue weighted by Crippen LogP contribution is 2.21. The number of rotatable bonds is 6. The fraction of sp³-hybridized carbons (Fsp3) is 0.429. The zero-order chi connectivity index (χ0) is 14.7. The smallest absolute Gasteiger partial charge is 0.337 e. The summed E-state index contributed by atoms with van der Waals surface area (Å²) in [6.07, 6.45) is 0.715. The van der Waals surface area contributed by atoms with E-state index < -0.39 is 16.8 Å². The maximum Gasteiger partial charge on any atom is 0.337 e. The predicted molar refractivity (Wildman–Crippen MR) is 79.6 cm³/mol. The Labute approximate surface area is 120 Å². The van der Waals surface area contributed by atoms with E-state index in [0.29, 0.717) is 30.0 Å². The number of carboxylic acid groups (broad SMARTS) is 1. The normalized spacial score (nSPS) is 12.7. The van der Waals surface area contributed by atoms with Gasteiger partial charge >= 0.3 is 5.97 Å². The first-order chi connectivity index (χ1) is 9.58. The number of carbonyl (C=O) groups is 1. The maximum atomic E-state index is 11.6. The molecule has 0 radical (unpaired) electrons. The average molecular weight is 294 g/mol. The van der Waals surface area contributed by atoms with Crippen molar-refractivity contribution >= 4 is 27.8 Å². The van der Waals surface area contributed by atoms with Crippen molar-refractivity contribution in [3.8, 4) is 0 Å². The Bertz CT molecular complexity index is 664. The van der Waals surface area contributed by atoms with Gasteiger partial charge in [0.05, 0.1) is 11.1 Å². The lowest BCUT2D eigenvalue weighted by Gasteiger charge is -2.07. The fourth-order valence-corrected chi connectivity index (χ4v) is 2.90. The van der Waals surface area contributed by atoms with Gasteiger partial charge in [-0.3, -0.25) is 4.21 Å².